The number of primary sulfonamides is 1. The van der Waals surface area contributed by atoms with Crippen molar-refractivity contribution in [3.8, 4) is 11.5 Å². The van der Waals surface area contributed by atoms with Gasteiger partial charge < -0.3 is 5.11 Å². The van der Waals surface area contributed by atoms with Crippen LogP contribution in [0.15, 0.2) is 36.4 Å². The molecule has 0 bridgehead atoms. The summed E-state index contributed by atoms with van der Waals surface area (Å²) >= 11 is 0. The van der Waals surface area contributed by atoms with Crippen LogP contribution in [0.2, 0.25) is 0 Å². The summed E-state index contributed by atoms with van der Waals surface area (Å²) in [5.74, 6) is -2.00. The highest BCUT2D eigenvalue weighted by atomic mass is 32.2. The van der Waals surface area contributed by atoms with Gasteiger partial charge >= 0.3 is 6.18 Å². The van der Waals surface area contributed by atoms with Crippen molar-refractivity contribution in [2.24, 2.45) is 5.14 Å². The molecule has 0 aliphatic heterocycles. The molecule has 9 nitrogen and oxygen atoms in total. The lowest BCUT2D eigenvalue weighted by Gasteiger charge is -2.21. The zero-order valence-corrected chi connectivity index (χ0v) is 16.7. The van der Waals surface area contributed by atoms with E-state index in [-0.39, 0.29) is 17.2 Å². The fraction of sp³-hybridized carbons (Fsp3) is 0.294. The number of alkyl halides is 3. The maximum absolute atomic E-state index is 14.0. The number of hydrogen-bond donors (Lipinski definition) is 2. The maximum atomic E-state index is 14.0. The molecule has 1 atom stereocenters. The molecule has 0 amide bonds. The Morgan fingerprint density at radius 1 is 1.16 bits per heavy atom. The molecule has 0 saturated carbocycles. The summed E-state index contributed by atoms with van der Waals surface area (Å²) in [7, 11) is -4.02. The van der Waals surface area contributed by atoms with Crippen LogP contribution in [0.25, 0.3) is 11.5 Å². The van der Waals surface area contributed by atoms with Gasteiger partial charge in [-0.3, -0.25) is 0 Å². The van der Waals surface area contributed by atoms with Crippen LogP contribution in [0.5, 0.6) is 0 Å². The molecule has 3 rings (SSSR count). The van der Waals surface area contributed by atoms with Crippen molar-refractivity contribution >= 4 is 10.0 Å². The van der Waals surface area contributed by atoms with E-state index in [2.05, 4.69) is 20.4 Å². The van der Waals surface area contributed by atoms with E-state index in [1.807, 2.05) is 0 Å². The van der Waals surface area contributed by atoms with Gasteiger partial charge in [0.2, 0.25) is 15.8 Å². The van der Waals surface area contributed by atoms with E-state index in [0.29, 0.717) is 0 Å². The molecule has 3 N–H and O–H groups in total. The maximum Gasteiger partial charge on any atom is 0.416 e. The Balaban J connectivity index is 1.91. The molecule has 1 aromatic carbocycles. The number of benzene rings is 1. The summed E-state index contributed by atoms with van der Waals surface area (Å²) in [6.07, 6.45) is -4.77. The van der Waals surface area contributed by atoms with Gasteiger partial charge in [0.05, 0.1) is 23.6 Å². The van der Waals surface area contributed by atoms with E-state index in [1.165, 1.54) is 25.1 Å². The molecular formula is C17H16F4N6O3S. The lowest BCUT2D eigenvalue weighted by Crippen LogP contribution is -2.35. The summed E-state index contributed by atoms with van der Waals surface area (Å²) in [6.45, 7) is 0.558. The molecular weight excluding hydrogens is 444 g/mol. The molecule has 0 radical (unpaired) electrons. The van der Waals surface area contributed by atoms with Crippen LogP contribution in [0.4, 0.5) is 17.6 Å². The number of hydrogen-bond acceptors (Lipinski definition) is 7. The van der Waals surface area contributed by atoms with Crippen LogP contribution in [0, 0.1) is 5.82 Å². The van der Waals surface area contributed by atoms with E-state index in [0.717, 1.165) is 23.0 Å². The molecule has 31 heavy (non-hydrogen) atoms. The molecule has 0 aliphatic rings. The number of tetrazole rings is 1. The SMILES string of the molecule is CC(O)(CS(N)(=O)=O)c1cccc(-c2nnn(Cc3c(F)cccc3C(F)(F)F)n2)n1. The largest absolute Gasteiger partial charge is 0.416 e. The Labute approximate surface area is 173 Å². The number of sulfonamides is 1. The van der Waals surface area contributed by atoms with E-state index < -0.39 is 51.0 Å². The Morgan fingerprint density at radius 3 is 2.48 bits per heavy atom. The third-order valence-corrected chi connectivity index (χ3v) is 5.15. The van der Waals surface area contributed by atoms with Crippen LogP contribution >= 0.6 is 0 Å². The zero-order chi connectivity index (χ0) is 23.0. The van der Waals surface area contributed by atoms with Crippen molar-refractivity contribution in [2.75, 3.05) is 5.75 Å². The van der Waals surface area contributed by atoms with Crippen molar-refractivity contribution in [1.29, 1.82) is 0 Å². The number of pyridine rings is 1. The van der Waals surface area contributed by atoms with Crippen molar-refractivity contribution in [3.05, 3.63) is 59.0 Å². The standard InChI is InChI=1S/C17H16F4N6O3S/c1-16(28,9-31(22,29)30)14-7-3-6-13(23-14)15-24-26-27(25-15)8-10-11(17(19,20)21)4-2-5-12(10)18/h2-7,28H,8-9H2,1H3,(H2,22,29,30). The van der Waals surface area contributed by atoms with Crippen LogP contribution < -0.4 is 5.14 Å². The smallest absolute Gasteiger partial charge is 0.383 e. The number of aliphatic hydroxyl groups is 1. The van der Waals surface area contributed by atoms with Crippen molar-refractivity contribution in [1.82, 2.24) is 25.2 Å². The second kappa shape index (κ2) is 7.94. The third kappa shape index (κ3) is 5.39. The Hall–Kier alpha value is -2.97. The summed E-state index contributed by atoms with van der Waals surface area (Å²) in [5.41, 5.74) is -3.73. The number of halogens is 4. The highest BCUT2D eigenvalue weighted by Crippen LogP contribution is 2.33. The minimum absolute atomic E-state index is 0.0520. The van der Waals surface area contributed by atoms with Gasteiger partial charge in [-0.25, -0.2) is 22.9 Å². The van der Waals surface area contributed by atoms with E-state index in [4.69, 9.17) is 5.14 Å². The van der Waals surface area contributed by atoms with Crippen LogP contribution in [-0.4, -0.2) is 44.5 Å². The molecule has 166 valence electrons. The Kier molecular flexibility index (Phi) is 5.82. The fourth-order valence-corrected chi connectivity index (χ4v) is 3.80. The lowest BCUT2D eigenvalue weighted by atomic mass is 10.0. The summed E-state index contributed by atoms with van der Waals surface area (Å²) < 4.78 is 76.1. The third-order valence-electron chi connectivity index (χ3n) is 4.19. The monoisotopic (exact) mass is 460 g/mol. The minimum atomic E-state index is -4.77. The Bertz CT molecular complexity index is 1210. The number of nitrogens with two attached hydrogens (primary N) is 1. The van der Waals surface area contributed by atoms with E-state index in [1.54, 1.807) is 0 Å². The second-order valence-electron chi connectivity index (χ2n) is 6.90. The van der Waals surface area contributed by atoms with Crippen molar-refractivity contribution < 1.29 is 31.1 Å². The highest BCUT2D eigenvalue weighted by Gasteiger charge is 2.35. The first-order chi connectivity index (χ1) is 14.3. The van der Waals surface area contributed by atoms with Crippen molar-refractivity contribution in [3.63, 3.8) is 0 Å². The van der Waals surface area contributed by atoms with E-state index >= 15 is 0 Å². The van der Waals surface area contributed by atoms with Gasteiger partial charge in [0.15, 0.2) is 0 Å². The molecule has 1 unspecified atom stereocenters. The summed E-state index contributed by atoms with van der Waals surface area (Å²) in [4.78, 5) is 4.85. The molecule has 0 saturated heterocycles. The molecule has 2 aromatic heterocycles. The second-order valence-corrected chi connectivity index (χ2v) is 8.51. The highest BCUT2D eigenvalue weighted by molar-refractivity contribution is 7.89. The molecule has 3 aromatic rings. The van der Waals surface area contributed by atoms with Gasteiger partial charge in [0.25, 0.3) is 0 Å². The van der Waals surface area contributed by atoms with Gasteiger partial charge in [-0.05, 0) is 36.4 Å². The van der Waals surface area contributed by atoms with Crippen LogP contribution in [-0.2, 0) is 28.3 Å². The van der Waals surface area contributed by atoms with Crippen LogP contribution in [0.3, 0.4) is 0 Å². The lowest BCUT2D eigenvalue weighted by molar-refractivity contribution is -0.138. The zero-order valence-electron chi connectivity index (χ0n) is 15.9. The van der Waals surface area contributed by atoms with Crippen LogP contribution in [0.1, 0.15) is 23.7 Å². The van der Waals surface area contributed by atoms with Gasteiger partial charge in [-0.1, -0.05) is 12.1 Å². The number of nitrogens with zero attached hydrogens (tertiary/aromatic N) is 5. The quantitative estimate of drug-likeness (QED) is 0.531. The minimum Gasteiger partial charge on any atom is -0.383 e. The summed E-state index contributed by atoms with van der Waals surface area (Å²) in [6, 6.07) is 6.80. The number of rotatable bonds is 6. The molecule has 2 heterocycles. The van der Waals surface area contributed by atoms with E-state index in [9.17, 15) is 31.1 Å². The van der Waals surface area contributed by atoms with Gasteiger partial charge in [-0.15, -0.1) is 10.2 Å². The first-order valence-corrected chi connectivity index (χ1v) is 10.3. The first-order valence-electron chi connectivity index (χ1n) is 8.59. The molecule has 0 fully saturated rings. The fourth-order valence-electron chi connectivity index (χ4n) is 2.86. The normalized spacial score (nSPS) is 14.4. The topological polar surface area (TPSA) is 137 Å². The Morgan fingerprint density at radius 2 is 1.84 bits per heavy atom. The molecule has 14 heteroatoms. The van der Waals surface area contributed by atoms with Crippen molar-refractivity contribution in [2.45, 2.75) is 25.2 Å². The predicted molar refractivity (Wildman–Crippen MR) is 99.1 cm³/mol. The predicted octanol–water partition coefficient (Wildman–Crippen LogP) is 1.44. The molecule has 0 aliphatic carbocycles. The molecule has 0 spiro atoms. The average molecular weight is 460 g/mol. The van der Waals surface area contributed by atoms with Gasteiger partial charge in [0.1, 0.15) is 17.1 Å². The average Bonchev–Trinajstić information content (AvgIpc) is 3.09. The van der Waals surface area contributed by atoms with Gasteiger partial charge in [-0.2, -0.15) is 18.0 Å². The van der Waals surface area contributed by atoms with Gasteiger partial charge in [0, 0.05) is 5.56 Å². The summed E-state index contributed by atoms with van der Waals surface area (Å²) in [5, 5.41) is 26.6. The first kappa shape index (κ1) is 22.7. The number of aromatic nitrogens is 5.